The minimum atomic E-state index is -4.01. The lowest BCUT2D eigenvalue weighted by atomic mass is 9.95. The van der Waals surface area contributed by atoms with Crippen molar-refractivity contribution < 1.29 is 13.2 Å². The van der Waals surface area contributed by atoms with Crippen LogP contribution in [0.25, 0.3) is 0 Å². The van der Waals surface area contributed by atoms with Crippen LogP contribution in [0.5, 0.6) is 0 Å². The zero-order chi connectivity index (χ0) is 13.6. The van der Waals surface area contributed by atoms with E-state index in [1.54, 1.807) is 0 Å². The maximum absolute atomic E-state index is 12.6. The fourth-order valence-corrected chi connectivity index (χ4v) is 2.57. The molecule has 5 heteroatoms. The van der Waals surface area contributed by atoms with Gasteiger partial charge in [0.2, 0.25) is 0 Å². The number of rotatable bonds is 6. The molecule has 108 valence electrons. The van der Waals surface area contributed by atoms with Crippen molar-refractivity contribution in [2.75, 3.05) is 26.2 Å². The molecule has 1 rings (SSSR count). The maximum Gasteiger partial charge on any atom is 0.391 e. The minimum Gasteiger partial charge on any atom is -0.315 e. The molecule has 0 radical (unpaired) electrons. The predicted molar refractivity (Wildman–Crippen MR) is 67.6 cm³/mol. The summed E-state index contributed by atoms with van der Waals surface area (Å²) in [7, 11) is 0. The summed E-state index contributed by atoms with van der Waals surface area (Å²) >= 11 is 0. The van der Waals surface area contributed by atoms with Crippen LogP contribution in [0.1, 0.15) is 39.5 Å². The fraction of sp³-hybridized carbons (Fsp3) is 1.00. The number of hydrogen-bond donors (Lipinski definition) is 1. The topological polar surface area (TPSA) is 15.3 Å². The zero-order valence-corrected chi connectivity index (χ0v) is 11.4. The van der Waals surface area contributed by atoms with E-state index in [0.717, 1.165) is 25.9 Å². The van der Waals surface area contributed by atoms with Crippen molar-refractivity contribution in [1.82, 2.24) is 10.2 Å². The Morgan fingerprint density at radius 2 is 1.83 bits per heavy atom. The van der Waals surface area contributed by atoms with Crippen molar-refractivity contribution in [3.05, 3.63) is 0 Å². The van der Waals surface area contributed by atoms with Crippen molar-refractivity contribution >= 4 is 0 Å². The monoisotopic (exact) mass is 266 g/mol. The first-order valence-electron chi connectivity index (χ1n) is 7.00. The highest BCUT2D eigenvalue weighted by molar-refractivity contribution is 4.81. The molecule has 0 aliphatic carbocycles. The second-order valence-electron chi connectivity index (χ2n) is 5.12. The van der Waals surface area contributed by atoms with Gasteiger partial charge in [-0.3, -0.25) is 4.90 Å². The molecule has 1 N–H and O–H groups in total. The highest BCUT2D eigenvalue weighted by Crippen LogP contribution is 2.34. The van der Waals surface area contributed by atoms with Gasteiger partial charge in [-0.05, 0) is 45.3 Å². The lowest BCUT2D eigenvalue weighted by Crippen LogP contribution is -2.47. The maximum atomic E-state index is 12.6. The number of alkyl halides is 3. The SMILES string of the molecule is CCCNCC(CC)N1CCC(C(F)(F)F)CC1. The van der Waals surface area contributed by atoms with Crippen LogP contribution in [-0.4, -0.2) is 43.3 Å². The van der Waals surface area contributed by atoms with Crippen LogP contribution >= 0.6 is 0 Å². The smallest absolute Gasteiger partial charge is 0.315 e. The number of halogens is 3. The summed E-state index contributed by atoms with van der Waals surface area (Å²) in [6.45, 7) is 7.25. The molecule has 1 heterocycles. The number of hydrogen-bond acceptors (Lipinski definition) is 2. The quantitative estimate of drug-likeness (QED) is 0.743. The molecule has 0 bridgehead atoms. The summed E-state index contributed by atoms with van der Waals surface area (Å²) in [5, 5.41) is 3.36. The molecule has 0 amide bonds. The third kappa shape index (κ3) is 4.76. The van der Waals surface area contributed by atoms with Gasteiger partial charge in [-0.15, -0.1) is 0 Å². The van der Waals surface area contributed by atoms with Crippen LogP contribution in [0.2, 0.25) is 0 Å². The van der Waals surface area contributed by atoms with E-state index in [-0.39, 0.29) is 12.8 Å². The first-order chi connectivity index (χ1) is 8.49. The Labute approximate surface area is 108 Å². The van der Waals surface area contributed by atoms with Gasteiger partial charge in [-0.1, -0.05) is 13.8 Å². The molecule has 0 spiro atoms. The van der Waals surface area contributed by atoms with Gasteiger partial charge in [0.25, 0.3) is 0 Å². The Bertz CT molecular complexity index is 223. The fourth-order valence-electron chi connectivity index (χ4n) is 2.57. The first kappa shape index (κ1) is 15.8. The lowest BCUT2D eigenvalue weighted by Gasteiger charge is -2.37. The van der Waals surface area contributed by atoms with Crippen LogP contribution in [0.15, 0.2) is 0 Å². The summed E-state index contributed by atoms with van der Waals surface area (Å²) < 4.78 is 37.7. The zero-order valence-electron chi connectivity index (χ0n) is 11.4. The van der Waals surface area contributed by atoms with E-state index in [4.69, 9.17) is 0 Å². The van der Waals surface area contributed by atoms with Gasteiger partial charge in [-0.2, -0.15) is 13.2 Å². The van der Waals surface area contributed by atoms with E-state index in [0.29, 0.717) is 19.1 Å². The van der Waals surface area contributed by atoms with Gasteiger partial charge in [0, 0.05) is 12.6 Å². The molecule has 1 aliphatic heterocycles. The van der Waals surface area contributed by atoms with Gasteiger partial charge in [0.05, 0.1) is 5.92 Å². The third-order valence-electron chi connectivity index (χ3n) is 3.79. The van der Waals surface area contributed by atoms with Crippen molar-refractivity contribution in [1.29, 1.82) is 0 Å². The van der Waals surface area contributed by atoms with Gasteiger partial charge < -0.3 is 5.32 Å². The van der Waals surface area contributed by atoms with E-state index < -0.39 is 12.1 Å². The van der Waals surface area contributed by atoms with Crippen molar-refractivity contribution in [2.24, 2.45) is 5.92 Å². The van der Waals surface area contributed by atoms with E-state index in [9.17, 15) is 13.2 Å². The molecule has 1 unspecified atom stereocenters. The van der Waals surface area contributed by atoms with E-state index >= 15 is 0 Å². The molecule has 1 aliphatic rings. The highest BCUT2D eigenvalue weighted by atomic mass is 19.4. The summed E-state index contributed by atoms with van der Waals surface area (Å²) in [6, 6.07) is 0.380. The average Bonchev–Trinajstić information content (AvgIpc) is 2.34. The van der Waals surface area contributed by atoms with Crippen LogP contribution in [-0.2, 0) is 0 Å². The largest absolute Gasteiger partial charge is 0.391 e. The summed E-state index contributed by atoms with van der Waals surface area (Å²) in [4.78, 5) is 2.21. The number of likely N-dealkylation sites (tertiary alicyclic amines) is 1. The molecule has 1 atom stereocenters. The number of piperidine rings is 1. The van der Waals surface area contributed by atoms with Gasteiger partial charge in [0.1, 0.15) is 0 Å². The molecule has 1 saturated heterocycles. The van der Waals surface area contributed by atoms with E-state index in [1.165, 1.54) is 0 Å². The molecule has 18 heavy (non-hydrogen) atoms. The number of nitrogens with zero attached hydrogens (tertiary/aromatic N) is 1. The summed E-state index contributed by atoms with van der Waals surface area (Å²) in [5.74, 6) is -1.09. The predicted octanol–water partition coefficient (Wildman–Crippen LogP) is 3.04. The molecular formula is C13H25F3N2. The van der Waals surface area contributed by atoms with Crippen LogP contribution in [0.3, 0.4) is 0 Å². The second kappa shape index (κ2) is 7.34. The molecule has 0 aromatic heterocycles. The summed E-state index contributed by atoms with van der Waals surface area (Å²) in [5.41, 5.74) is 0. The first-order valence-corrected chi connectivity index (χ1v) is 7.00. The van der Waals surface area contributed by atoms with Gasteiger partial charge >= 0.3 is 6.18 Å². The molecular weight excluding hydrogens is 241 g/mol. The minimum absolute atomic E-state index is 0.258. The van der Waals surface area contributed by atoms with Gasteiger partial charge in [0.15, 0.2) is 0 Å². The Kier molecular flexibility index (Phi) is 6.43. The van der Waals surface area contributed by atoms with Crippen molar-refractivity contribution in [3.63, 3.8) is 0 Å². The lowest BCUT2D eigenvalue weighted by molar-refractivity contribution is -0.186. The van der Waals surface area contributed by atoms with E-state index in [2.05, 4.69) is 24.1 Å². The second-order valence-corrected chi connectivity index (χ2v) is 5.12. The number of nitrogens with one attached hydrogen (secondary N) is 1. The van der Waals surface area contributed by atoms with Crippen molar-refractivity contribution in [2.45, 2.75) is 51.7 Å². The molecule has 1 fully saturated rings. The average molecular weight is 266 g/mol. The van der Waals surface area contributed by atoms with Crippen LogP contribution < -0.4 is 5.32 Å². The van der Waals surface area contributed by atoms with Crippen LogP contribution in [0.4, 0.5) is 13.2 Å². The Balaban J connectivity index is 2.35. The van der Waals surface area contributed by atoms with Crippen LogP contribution in [0, 0.1) is 5.92 Å². The normalized spacial score (nSPS) is 21.2. The van der Waals surface area contributed by atoms with Gasteiger partial charge in [-0.25, -0.2) is 0 Å². The standard InChI is InChI=1S/C13H25F3N2/c1-3-7-17-10-12(4-2)18-8-5-11(6-9-18)13(14,15)16/h11-12,17H,3-10H2,1-2H3. The van der Waals surface area contributed by atoms with Crippen molar-refractivity contribution in [3.8, 4) is 0 Å². The van der Waals surface area contributed by atoms with E-state index in [1.807, 2.05) is 0 Å². The molecule has 0 saturated carbocycles. The summed E-state index contributed by atoms with van der Waals surface area (Å²) in [6.07, 6.45) is -1.41. The Hall–Kier alpha value is -0.290. The highest BCUT2D eigenvalue weighted by Gasteiger charge is 2.41. The molecule has 2 nitrogen and oxygen atoms in total. The Morgan fingerprint density at radius 1 is 1.22 bits per heavy atom. The molecule has 0 aromatic rings. The molecule has 0 aromatic carbocycles. The Morgan fingerprint density at radius 3 is 2.28 bits per heavy atom. The third-order valence-corrected chi connectivity index (χ3v) is 3.79.